The van der Waals surface area contributed by atoms with Gasteiger partial charge >= 0.3 is 6.03 Å². The van der Waals surface area contributed by atoms with Gasteiger partial charge in [-0.25, -0.2) is 4.79 Å². The van der Waals surface area contributed by atoms with Crippen LogP contribution in [0.2, 0.25) is 0 Å². The fourth-order valence-corrected chi connectivity index (χ4v) is 3.67. The van der Waals surface area contributed by atoms with Gasteiger partial charge in [-0.05, 0) is 24.3 Å². The van der Waals surface area contributed by atoms with Crippen molar-refractivity contribution in [1.29, 1.82) is 0 Å². The van der Waals surface area contributed by atoms with E-state index in [0.29, 0.717) is 24.2 Å². The van der Waals surface area contributed by atoms with E-state index in [1.54, 1.807) is 17.4 Å². The topological polar surface area (TPSA) is 88.9 Å². The van der Waals surface area contributed by atoms with Crippen LogP contribution in [0.25, 0.3) is 0 Å². The van der Waals surface area contributed by atoms with Gasteiger partial charge in [0.05, 0.1) is 12.3 Å². The molecule has 0 bridgehead atoms. The zero-order valence-electron chi connectivity index (χ0n) is 13.6. The molecule has 132 valence electrons. The van der Waals surface area contributed by atoms with Gasteiger partial charge in [0.1, 0.15) is 5.82 Å². The molecular weight excluding hydrogens is 358 g/mol. The van der Waals surface area contributed by atoms with Crippen molar-refractivity contribution >= 4 is 35.0 Å². The third-order valence-electron chi connectivity index (χ3n) is 3.59. The van der Waals surface area contributed by atoms with Crippen LogP contribution in [0.4, 0.5) is 4.79 Å². The van der Waals surface area contributed by atoms with E-state index in [-0.39, 0.29) is 11.7 Å². The minimum Gasteiger partial charge on any atom is -0.333 e. The fraction of sp³-hybridized carbons (Fsp3) is 0.375. The van der Waals surface area contributed by atoms with Crippen molar-refractivity contribution in [3.8, 4) is 0 Å². The standard InChI is InChI=1S/C16H19N5O2S2/c1-2-7-21-14(11-5-6-11)19-20-16(21)25-10-13(22)18-15(23)17-9-12-4-3-8-24-12/h2-4,8,11H,1,5-7,9-10H2,(H2,17,18,22,23). The highest BCUT2D eigenvalue weighted by molar-refractivity contribution is 7.99. The van der Waals surface area contributed by atoms with E-state index >= 15 is 0 Å². The second kappa shape index (κ2) is 8.30. The zero-order chi connectivity index (χ0) is 17.6. The maximum atomic E-state index is 11.9. The third-order valence-corrected chi connectivity index (χ3v) is 5.43. The SMILES string of the molecule is C=CCn1c(SCC(=O)NC(=O)NCc2cccs2)nnc1C1CC1. The lowest BCUT2D eigenvalue weighted by Crippen LogP contribution is -2.39. The number of imide groups is 1. The monoisotopic (exact) mass is 377 g/mol. The maximum absolute atomic E-state index is 11.9. The molecule has 9 heteroatoms. The molecule has 2 aromatic heterocycles. The highest BCUT2D eigenvalue weighted by atomic mass is 32.2. The normalized spacial score (nSPS) is 13.4. The van der Waals surface area contributed by atoms with Gasteiger partial charge in [-0.15, -0.1) is 28.1 Å². The molecule has 3 amide bonds. The Labute approximate surface area is 153 Å². The minimum atomic E-state index is -0.495. The lowest BCUT2D eigenvalue weighted by Gasteiger charge is -2.07. The summed E-state index contributed by atoms with van der Waals surface area (Å²) in [5, 5.41) is 16.0. The fourth-order valence-electron chi connectivity index (χ4n) is 2.27. The molecule has 0 saturated heterocycles. The van der Waals surface area contributed by atoms with E-state index in [4.69, 9.17) is 0 Å². The Morgan fingerprint density at radius 1 is 1.44 bits per heavy atom. The first-order valence-electron chi connectivity index (χ1n) is 7.94. The molecule has 7 nitrogen and oxygen atoms in total. The van der Waals surface area contributed by atoms with E-state index in [2.05, 4.69) is 27.4 Å². The number of hydrogen-bond acceptors (Lipinski definition) is 6. The highest BCUT2D eigenvalue weighted by Gasteiger charge is 2.30. The zero-order valence-corrected chi connectivity index (χ0v) is 15.2. The van der Waals surface area contributed by atoms with Gasteiger partial charge in [-0.3, -0.25) is 10.1 Å². The molecule has 25 heavy (non-hydrogen) atoms. The number of carbonyl (C=O) groups excluding carboxylic acids is 2. The number of nitrogens with zero attached hydrogens (tertiary/aromatic N) is 3. The van der Waals surface area contributed by atoms with Crippen LogP contribution in [0.5, 0.6) is 0 Å². The van der Waals surface area contributed by atoms with Crippen LogP contribution in [0.3, 0.4) is 0 Å². The Kier molecular flexibility index (Phi) is 5.87. The number of carbonyl (C=O) groups is 2. The van der Waals surface area contributed by atoms with Crippen molar-refractivity contribution in [2.24, 2.45) is 0 Å². The van der Waals surface area contributed by atoms with Crippen LogP contribution in [0.1, 0.15) is 29.5 Å². The molecule has 3 rings (SSSR count). The van der Waals surface area contributed by atoms with E-state index in [1.807, 2.05) is 22.1 Å². The van der Waals surface area contributed by atoms with Gasteiger partial charge in [0.2, 0.25) is 5.91 Å². The smallest absolute Gasteiger partial charge is 0.321 e. The first kappa shape index (κ1) is 17.7. The number of amides is 3. The van der Waals surface area contributed by atoms with Gasteiger partial charge in [0, 0.05) is 17.3 Å². The summed E-state index contributed by atoms with van der Waals surface area (Å²) in [4.78, 5) is 24.7. The van der Waals surface area contributed by atoms with Gasteiger partial charge in [0.25, 0.3) is 0 Å². The first-order chi connectivity index (χ1) is 12.2. The predicted molar refractivity (Wildman–Crippen MR) is 97.6 cm³/mol. The Bertz CT molecular complexity index is 753. The largest absolute Gasteiger partial charge is 0.333 e. The summed E-state index contributed by atoms with van der Waals surface area (Å²) in [7, 11) is 0. The summed E-state index contributed by atoms with van der Waals surface area (Å²) >= 11 is 2.82. The van der Waals surface area contributed by atoms with Crippen LogP contribution < -0.4 is 10.6 Å². The van der Waals surface area contributed by atoms with Crippen LogP contribution in [-0.4, -0.2) is 32.5 Å². The lowest BCUT2D eigenvalue weighted by atomic mass is 10.4. The number of hydrogen-bond donors (Lipinski definition) is 2. The first-order valence-corrected chi connectivity index (χ1v) is 9.80. The quantitative estimate of drug-likeness (QED) is 0.545. The molecule has 0 aliphatic heterocycles. The molecule has 0 atom stereocenters. The Morgan fingerprint density at radius 2 is 2.28 bits per heavy atom. The maximum Gasteiger partial charge on any atom is 0.321 e. The van der Waals surface area contributed by atoms with E-state index in [9.17, 15) is 9.59 Å². The van der Waals surface area contributed by atoms with Crippen molar-refractivity contribution in [2.45, 2.75) is 37.0 Å². The summed E-state index contributed by atoms with van der Waals surface area (Å²) in [6.07, 6.45) is 4.05. The third kappa shape index (κ3) is 4.93. The van der Waals surface area contributed by atoms with Crippen molar-refractivity contribution in [1.82, 2.24) is 25.4 Å². The average molecular weight is 377 g/mol. The second-order valence-electron chi connectivity index (χ2n) is 5.61. The Balaban J connectivity index is 1.47. The molecular formula is C16H19N5O2S2. The summed E-state index contributed by atoms with van der Waals surface area (Å²) < 4.78 is 1.99. The van der Waals surface area contributed by atoms with Crippen LogP contribution in [0, 0.1) is 0 Å². The number of rotatable bonds is 8. The average Bonchev–Trinajstić information content (AvgIpc) is 3.15. The second-order valence-corrected chi connectivity index (χ2v) is 7.59. The van der Waals surface area contributed by atoms with Gasteiger partial charge in [-0.2, -0.15) is 0 Å². The molecule has 1 aliphatic carbocycles. The number of allylic oxidation sites excluding steroid dienone is 1. The van der Waals surface area contributed by atoms with Gasteiger partial charge < -0.3 is 9.88 Å². The number of aromatic nitrogens is 3. The van der Waals surface area contributed by atoms with Crippen molar-refractivity contribution < 1.29 is 9.59 Å². The summed E-state index contributed by atoms with van der Waals surface area (Å²) in [5.74, 6) is 1.16. The van der Waals surface area contributed by atoms with Crippen LogP contribution >= 0.6 is 23.1 Å². The molecule has 2 N–H and O–H groups in total. The Hall–Kier alpha value is -2.13. The van der Waals surface area contributed by atoms with Crippen molar-refractivity contribution in [3.63, 3.8) is 0 Å². The van der Waals surface area contributed by atoms with E-state index < -0.39 is 6.03 Å². The van der Waals surface area contributed by atoms with Crippen LogP contribution in [0.15, 0.2) is 35.3 Å². The molecule has 1 fully saturated rings. The molecule has 1 aliphatic rings. The molecule has 0 radical (unpaired) electrons. The summed E-state index contributed by atoms with van der Waals surface area (Å²) in [6, 6.07) is 3.34. The number of thioether (sulfide) groups is 1. The molecule has 2 aromatic rings. The minimum absolute atomic E-state index is 0.104. The number of urea groups is 1. The van der Waals surface area contributed by atoms with Crippen molar-refractivity contribution in [2.75, 3.05) is 5.75 Å². The summed E-state index contributed by atoms with van der Waals surface area (Å²) in [5.41, 5.74) is 0. The number of thiophene rings is 1. The van der Waals surface area contributed by atoms with E-state index in [1.165, 1.54) is 11.8 Å². The number of nitrogens with one attached hydrogen (secondary N) is 2. The van der Waals surface area contributed by atoms with Gasteiger partial charge in [0.15, 0.2) is 5.16 Å². The Morgan fingerprint density at radius 3 is 2.96 bits per heavy atom. The van der Waals surface area contributed by atoms with Crippen LogP contribution in [-0.2, 0) is 17.9 Å². The molecule has 0 aromatic carbocycles. The molecule has 0 spiro atoms. The predicted octanol–water partition coefficient (Wildman–Crippen LogP) is 2.52. The summed E-state index contributed by atoms with van der Waals surface area (Å²) in [6.45, 7) is 4.78. The van der Waals surface area contributed by atoms with E-state index in [0.717, 1.165) is 23.5 Å². The van der Waals surface area contributed by atoms with Crippen molar-refractivity contribution in [3.05, 3.63) is 40.9 Å². The lowest BCUT2D eigenvalue weighted by molar-refractivity contribution is -0.117. The molecule has 0 unspecified atom stereocenters. The molecule has 2 heterocycles. The van der Waals surface area contributed by atoms with Gasteiger partial charge in [-0.1, -0.05) is 23.9 Å². The molecule has 1 saturated carbocycles. The highest BCUT2D eigenvalue weighted by Crippen LogP contribution is 2.40.